The van der Waals surface area contributed by atoms with Crippen LogP contribution >= 0.6 is 0 Å². The molecule has 7 nitrogen and oxygen atoms in total. The Labute approximate surface area is 111 Å². The van der Waals surface area contributed by atoms with Gasteiger partial charge in [0.05, 0.1) is 11.4 Å². The summed E-state index contributed by atoms with van der Waals surface area (Å²) in [6.07, 6.45) is 2.49. The third-order valence-electron chi connectivity index (χ3n) is 2.72. The maximum Gasteiger partial charge on any atom is 0.328 e. The average molecular weight is 263 g/mol. The van der Waals surface area contributed by atoms with Crippen molar-refractivity contribution in [1.29, 1.82) is 0 Å². The molecule has 2 rings (SSSR count). The van der Waals surface area contributed by atoms with E-state index in [1.165, 1.54) is 4.68 Å². The minimum Gasteiger partial charge on any atom is -0.458 e. The Morgan fingerprint density at radius 2 is 2.26 bits per heavy atom. The molecule has 0 radical (unpaired) electrons. The van der Waals surface area contributed by atoms with Gasteiger partial charge in [-0.25, -0.2) is 0 Å². The lowest BCUT2D eigenvalue weighted by Crippen LogP contribution is -2.15. The highest BCUT2D eigenvalue weighted by Crippen LogP contribution is 2.06. The fourth-order valence-electron chi connectivity index (χ4n) is 1.68. The first-order valence-electron chi connectivity index (χ1n) is 6.05. The minimum atomic E-state index is -0.359. The summed E-state index contributed by atoms with van der Waals surface area (Å²) in [7, 11) is 1.83. The third kappa shape index (κ3) is 3.34. The van der Waals surface area contributed by atoms with E-state index in [2.05, 4.69) is 10.2 Å². The molecule has 0 aromatic carbocycles. The normalized spacial score (nSPS) is 10.6. The monoisotopic (exact) mass is 263 g/mol. The van der Waals surface area contributed by atoms with Crippen LogP contribution in [0.4, 0.5) is 5.82 Å². The van der Waals surface area contributed by atoms with Gasteiger partial charge < -0.3 is 10.5 Å². The van der Waals surface area contributed by atoms with Crippen LogP contribution < -0.4 is 5.73 Å². The van der Waals surface area contributed by atoms with Gasteiger partial charge in [0.2, 0.25) is 0 Å². The number of carbonyl (C=O) groups is 1. The number of rotatable bonds is 5. The van der Waals surface area contributed by atoms with Crippen LogP contribution in [-0.4, -0.2) is 25.5 Å². The summed E-state index contributed by atoms with van der Waals surface area (Å²) in [4.78, 5) is 11.6. The lowest BCUT2D eigenvalue weighted by molar-refractivity contribution is -0.146. The average Bonchev–Trinajstić information content (AvgIpc) is 2.93. The topological polar surface area (TPSA) is 88.0 Å². The zero-order valence-corrected chi connectivity index (χ0v) is 11.0. The predicted molar refractivity (Wildman–Crippen MR) is 69.0 cm³/mol. The summed E-state index contributed by atoms with van der Waals surface area (Å²) in [6.45, 7) is 2.29. The fourth-order valence-corrected chi connectivity index (χ4v) is 1.68. The maximum absolute atomic E-state index is 11.6. The Kier molecular flexibility index (Phi) is 3.84. The molecule has 0 unspecified atom stereocenters. The molecule has 2 heterocycles. The van der Waals surface area contributed by atoms with E-state index >= 15 is 0 Å². The van der Waals surface area contributed by atoms with Gasteiger partial charge in [-0.3, -0.25) is 14.2 Å². The van der Waals surface area contributed by atoms with E-state index < -0.39 is 0 Å². The highest BCUT2D eigenvalue weighted by molar-refractivity contribution is 5.69. The van der Waals surface area contributed by atoms with Crippen molar-refractivity contribution in [2.75, 3.05) is 5.73 Å². The molecular formula is C12H17N5O2. The molecule has 0 aliphatic heterocycles. The lowest BCUT2D eigenvalue weighted by Gasteiger charge is -2.05. The third-order valence-corrected chi connectivity index (χ3v) is 2.72. The number of ether oxygens (including phenoxy) is 1. The van der Waals surface area contributed by atoms with Gasteiger partial charge in [-0.1, -0.05) is 6.92 Å². The predicted octanol–water partition coefficient (Wildman–Crippen LogP) is 0.505. The van der Waals surface area contributed by atoms with Gasteiger partial charge in [-0.2, -0.15) is 10.2 Å². The van der Waals surface area contributed by atoms with E-state index in [1.54, 1.807) is 16.9 Å². The molecule has 0 aliphatic rings. The molecule has 0 amide bonds. The second kappa shape index (κ2) is 5.55. The van der Waals surface area contributed by atoms with Crippen molar-refractivity contribution in [1.82, 2.24) is 19.6 Å². The van der Waals surface area contributed by atoms with Crippen molar-refractivity contribution in [2.45, 2.75) is 26.5 Å². The number of nitrogens with two attached hydrogens (primary N) is 1. The SMILES string of the molecule is CCc1cc(COC(=O)Cn2ccc(N)n2)n(C)n1. The molecular weight excluding hydrogens is 246 g/mol. The Morgan fingerprint density at radius 1 is 1.47 bits per heavy atom. The van der Waals surface area contributed by atoms with Crippen LogP contribution in [0.1, 0.15) is 18.3 Å². The van der Waals surface area contributed by atoms with Gasteiger partial charge in [0.15, 0.2) is 0 Å². The fraction of sp³-hybridized carbons (Fsp3) is 0.417. The molecule has 0 saturated heterocycles. The maximum atomic E-state index is 11.6. The first kappa shape index (κ1) is 13.1. The second-order valence-electron chi connectivity index (χ2n) is 4.20. The lowest BCUT2D eigenvalue weighted by atomic mass is 10.3. The van der Waals surface area contributed by atoms with Crippen LogP contribution in [0.2, 0.25) is 0 Å². The summed E-state index contributed by atoms with van der Waals surface area (Å²) in [5, 5.41) is 8.20. The van der Waals surface area contributed by atoms with Crippen molar-refractivity contribution in [3.05, 3.63) is 29.7 Å². The van der Waals surface area contributed by atoms with E-state index in [0.29, 0.717) is 5.82 Å². The summed E-state index contributed by atoms with van der Waals surface area (Å²) >= 11 is 0. The zero-order chi connectivity index (χ0) is 13.8. The molecule has 2 N–H and O–H groups in total. The number of nitrogens with zero attached hydrogens (tertiary/aromatic N) is 4. The van der Waals surface area contributed by atoms with Crippen molar-refractivity contribution >= 4 is 11.8 Å². The van der Waals surface area contributed by atoms with Gasteiger partial charge in [0, 0.05) is 13.2 Å². The first-order valence-corrected chi connectivity index (χ1v) is 6.05. The largest absolute Gasteiger partial charge is 0.458 e. The molecule has 2 aromatic heterocycles. The zero-order valence-electron chi connectivity index (χ0n) is 11.0. The molecule has 0 fully saturated rings. The van der Waals surface area contributed by atoms with E-state index in [4.69, 9.17) is 10.5 Å². The Bertz CT molecular complexity index is 572. The van der Waals surface area contributed by atoms with Crippen molar-refractivity contribution in [3.8, 4) is 0 Å². The van der Waals surface area contributed by atoms with Gasteiger partial charge in [0.1, 0.15) is 19.0 Å². The number of carbonyl (C=O) groups excluding carboxylic acids is 1. The van der Waals surface area contributed by atoms with Gasteiger partial charge in [0.25, 0.3) is 0 Å². The number of hydrogen-bond acceptors (Lipinski definition) is 5. The van der Waals surface area contributed by atoms with Crippen LogP contribution in [0, 0.1) is 0 Å². The van der Waals surface area contributed by atoms with Crippen molar-refractivity contribution in [2.24, 2.45) is 7.05 Å². The van der Waals surface area contributed by atoms with Crippen LogP contribution in [0.5, 0.6) is 0 Å². The molecule has 2 aromatic rings. The molecule has 0 bridgehead atoms. The highest BCUT2D eigenvalue weighted by atomic mass is 16.5. The van der Waals surface area contributed by atoms with E-state index in [0.717, 1.165) is 17.8 Å². The van der Waals surface area contributed by atoms with Gasteiger partial charge >= 0.3 is 5.97 Å². The summed E-state index contributed by atoms with van der Waals surface area (Å²) in [5.41, 5.74) is 7.31. The Balaban J connectivity index is 1.87. The Morgan fingerprint density at radius 3 is 2.84 bits per heavy atom. The summed E-state index contributed by atoms with van der Waals surface area (Å²) in [6, 6.07) is 3.56. The van der Waals surface area contributed by atoms with E-state index in [-0.39, 0.29) is 19.1 Å². The van der Waals surface area contributed by atoms with Crippen LogP contribution in [-0.2, 0) is 36.2 Å². The van der Waals surface area contributed by atoms with Gasteiger partial charge in [-0.15, -0.1) is 0 Å². The van der Waals surface area contributed by atoms with Crippen molar-refractivity contribution in [3.63, 3.8) is 0 Å². The number of anilines is 1. The van der Waals surface area contributed by atoms with Crippen LogP contribution in [0.3, 0.4) is 0 Å². The van der Waals surface area contributed by atoms with Crippen LogP contribution in [0.15, 0.2) is 18.3 Å². The summed E-state index contributed by atoms with van der Waals surface area (Å²) < 4.78 is 8.34. The molecule has 0 atom stereocenters. The first-order chi connectivity index (χ1) is 9.08. The molecule has 19 heavy (non-hydrogen) atoms. The summed E-state index contributed by atoms with van der Waals surface area (Å²) in [5.74, 6) is 0.0226. The number of hydrogen-bond donors (Lipinski definition) is 1. The molecule has 0 saturated carbocycles. The van der Waals surface area contributed by atoms with E-state index in [1.807, 2.05) is 20.0 Å². The standard InChI is InChI=1S/C12H17N5O2/c1-3-9-6-10(16(2)14-9)8-19-12(18)7-17-5-4-11(13)15-17/h4-6H,3,7-8H2,1-2H3,(H2,13,15). The highest BCUT2D eigenvalue weighted by Gasteiger charge is 2.09. The second-order valence-corrected chi connectivity index (χ2v) is 4.20. The molecule has 0 aliphatic carbocycles. The number of esters is 1. The molecule has 7 heteroatoms. The van der Waals surface area contributed by atoms with E-state index in [9.17, 15) is 4.79 Å². The number of nitrogen functional groups attached to an aromatic ring is 1. The molecule has 0 spiro atoms. The van der Waals surface area contributed by atoms with Gasteiger partial charge in [-0.05, 0) is 18.6 Å². The number of aromatic nitrogens is 4. The number of aryl methyl sites for hydroxylation is 2. The van der Waals surface area contributed by atoms with Crippen molar-refractivity contribution < 1.29 is 9.53 Å². The Hall–Kier alpha value is -2.31. The van der Waals surface area contributed by atoms with Crippen LogP contribution in [0.25, 0.3) is 0 Å². The quantitative estimate of drug-likeness (QED) is 0.794. The smallest absolute Gasteiger partial charge is 0.328 e. The minimum absolute atomic E-state index is 0.0513. The molecule has 102 valence electrons.